The lowest BCUT2D eigenvalue weighted by Gasteiger charge is -1.80. The lowest BCUT2D eigenvalue weighted by molar-refractivity contribution is 0.112. The minimum Gasteiger partial charge on any atom is -0.295 e. The Hall–Kier alpha value is -1.22. The van der Waals surface area contributed by atoms with Gasteiger partial charge in [-0.2, -0.15) is 0 Å². The Bertz CT molecular complexity index is 361. The molecule has 62 valence electrons. The fourth-order valence-electron chi connectivity index (χ4n) is 0.940. The van der Waals surface area contributed by atoms with Gasteiger partial charge in [-0.25, -0.2) is 4.98 Å². The monoisotopic (exact) mass is 179 g/mol. The molecule has 0 amide bonds. The minimum atomic E-state index is 0. The van der Waals surface area contributed by atoms with E-state index in [0.29, 0.717) is 5.01 Å². The van der Waals surface area contributed by atoms with Gasteiger partial charge in [-0.05, 0) is 12.1 Å². The normalized spacial score (nSPS) is 9.33. The standard InChI is InChI=1S/C8H5NOS.CH4/c10-5-8-9-6-3-1-2-4-7(6)11-8;/h1-5H;1H4. The van der Waals surface area contributed by atoms with Crippen LogP contribution < -0.4 is 0 Å². The van der Waals surface area contributed by atoms with Crippen LogP contribution in [0.25, 0.3) is 10.2 Å². The first kappa shape index (κ1) is 8.87. The molecule has 1 heterocycles. The highest BCUT2D eigenvalue weighted by Crippen LogP contribution is 2.19. The number of thiazole rings is 1. The van der Waals surface area contributed by atoms with Gasteiger partial charge in [-0.3, -0.25) is 4.79 Å². The highest BCUT2D eigenvalue weighted by atomic mass is 32.1. The van der Waals surface area contributed by atoms with Gasteiger partial charge in [-0.15, -0.1) is 11.3 Å². The molecule has 0 radical (unpaired) electrons. The summed E-state index contributed by atoms with van der Waals surface area (Å²) in [5, 5.41) is 0.547. The fourth-order valence-corrected chi connectivity index (χ4v) is 1.72. The summed E-state index contributed by atoms with van der Waals surface area (Å²) < 4.78 is 1.06. The first-order valence-corrected chi connectivity index (χ1v) is 4.02. The fraction of sp³-hybridized carbons (Fsp3) is 0.111. The smallest absolute Gasteiger partial charge is 0.178 e. The van der Waals surface area contributed by atoms with Gasteiger partial charge >= 0.3 is 0 Å². The number of nitrogens with zero attached hydrogens (tertiary/aromatic N) is 1. The summed E-state index contributed by atoms with van der Waals surface area (Å²) in [6.45, 7) is 0. The summed E-state index contributed by atoms with van der Waals surface area (Å²) in [6, 6.07) is 7.71. The maximum absolute atomic E-state index is 10.3. The molecule has 1 aromatic carbocycles. The van der Waals surface area contributed by atoms with Crippen LogP contribution in [0.4, 0.5) is 0 Å². The topological polar surface area (TPSA) is 30.0 Å². The largest absolute Gasteiger partial charge is 0.295 e. The molecule has 0 N–H and O–H groups in total. The van der Waals surface area contributed by atoms with Crippen LogP contribution in [0.1, 0.15) is 17.2 Å². The highest BCUT2D eigenvalue weighted by molar-refractivity contribution is 7.19. The first-order chi connectivity index (χ1) is 5.40. The van der Waals surface area contributed by atoms with E-state index < -0.39 is 0 Å². The number of rotatable bonds is 1. The van der Waals surface area contributed by atoms with Gasteiger partial charge in [0.2, 0.25) is 0 Å². The molecule has 0 spiro atoms. The minimum absolute atomic E-state index is 0. The number of hydrogen-bond acceptors (Lipinski definition) is 3. The molecule has 0 fully saturated rings. The number of aromatic nitrogens is 1. The van der Waals surface area contributed by atoms with Crippen molar-refractivity contribution in [1.29, 1.82) is 0 Å². The van der Waals surface area contributed by atoms with Crippen molar-refractivity contribution in [2.45, 2.75) is 7.43 Å². The molecule has 0 bridgehead atoms. The van der Waals surface area contributed by atoms with Crippen LogP contribution in [0.2, 0.25) is 0 Å². The molecule has 0 aliphatic carbocycles. The zero-order chi connectivity index (χ0) is 7.68. The molecule has 2 nitrogen and oxygen atoms in total. The van der Waals surface area contributed by atoms with Gasteiger partial charge < -0.3 is 0 Å². The molecule has 0 atom stereocenters. The number of aldehydes is 1. The van der Waals surface area contributed by atoms with Gasteiger partial charge in [0, 0.05) is 0 Å². The van der Waals surface area contributed by atoms with Crippen molar-refractivity contribution in [3.8, 4) is 0 Å². The van der Waals surface area contributed by atoms with Gasteiger partial charge in [0.15, 0.2) is 11.3 Å². The summed E-state index contributed by atoms with van der Waals surface area (Å²) >= 11 is 1.42. The average Bonchev–Trinajstić information content (AvgIpc) is 2.46. The van der Waals surface area contributed by atoms with Crippen LogP contribution in [0, 0.1) is 0 Å². The van der Waals surface area contributed by atoms with E-state index in [2.05, 4.69) is 4.98 Å². The number of benzene rings is 1. The molecule has 0 aliphatic rings. The van der Waals surface area contributed by atoms with E-state index in [4.69, 9.17) is 0 Å². The molecule has 0 saturated heterocycles. The number of carbonyl (C=O) groups excluding carboxylic acids is 1. The molecule has 1 aromatic heterocycles. The number of para-hydroxylation sites is 1. The Balaban J connectivity index is 0.000000720. The van der Waals surface area contributed by atoms with E-state index >= 15 is 0 Å². The maximum atomic E-state index is 10.3. The Morgan fingerprint density at radius 2 is 2.08 bits per heavy atom. The third-order valence-electron chi connectivity index (χ3n) is 1.41. The molecule has 3 heteroatoms. The van der Waals surface area contributed by atoms with E-state index in [-0.39, 0.29) is 7.43 Å². The predicted octanol–water partition coefficient (Wildman–Crippen LogP) is 2.74. The van der Waals surface area contributed by atoms with Crippen molar-refractivity contribution in [3.63, 3.8) is 0 Å². The summed E-state index contributed by atoms with van der Waals surface area (Å²) in [7, 11) is 0. The van der Waals surface area contributed by atoms with Crippen LogP contribution in [0.3, 0.4) is 0 Å². The lowest BCUT2D eigenvalue weighted by Crippen LogP contribution is -1.72. The Morgan fingerprint density at radius 1 is 1.33 bits per heavy atom. The van der Waals surface area contributed by atoms with E-state index in [1.165, 1.54) is 11.3 Å². The third kappa shape index (κ3) is 1.36. The second-order valence-electron chi connectivity index (χ2n) is 2.14. The highest BCUT2D eigenvalue weighted by Gasteiger charge is 1.99. The van der Waals surface area contributed by atoms with Crippen molar-refractivity contribution < 1.29 is 4.79 Å². The predicted molar refractivity (Wildman–Crippen MR) is 51.7 cm³/mol. The van der Waals surface area contributed by atoms with Gasteiger partial charge in [0.25, 0.3) is 0 Å². The van der Waals surface area contributed by atoms with Gasteiger partial charge in [0.05, 0.1) is 10.2 Å². The Labute approximate surface area is 74.9 Å². The van der Waals surface area contributed by atoms with Crippen LogP contribution in [-0.2, 0) is 0 Å². The van der Waals surface area contributed by atoms with Crippen molar-refractivity contribution in [2.24, 2.45) is 0 Å². The molecule has 0 aliphatic heterocycles. The molecule has 2 rings (SSSR count). The van der Waals surface area contributed by atoms with Crippen molar-refractivity contribution >= 4 is 27.8 Å². The van der Waals surface area contributed by atoms with E-state index in [1.54, 1.807) is 0 Å². The van der Waals surface area contributed by atoms with Crippen molar-refractivity contribution in [3.05, 3.63) is 29.3 Å². The van der Waals surface area contributed by atoms with E-state index in [1.807, 2.05) is 24.3 Å². The number of fused-ring (bicyclic) bond motifs is 1. The molecule has 12 heavy (non-hydrogen) atoms. The molecule has 0 unspecified atom stereocenters. The van der Waals surface area contributed by atoms with E-state index in [0.717, 1.165) is 16.5 Å². The van der Waals surface area contributed by atoms with Crippen LogP contribution in [0.5, 0.6) is 0 Å². The SMILES string of the molecule is C.O=Cc1nc2ccccc2s1. The van der Waals surface area contributed by atoms with Crippen LogP contribution in [-0.4, -0.2) is 11.3 Å². The van der Waals surface area contributed by atoms with Crippen LogP contribution >= 0.6 is 11.3 Å². The third-order valence-corrected chi connectivity index (χ3v) is 2.37. The Kier molecular flexibility index (Phi) is 2.55. The second kappa shape index (κ2) is 3.45. The summed E-state index contributed by atoms with van der Waals surface area (Å²) in [4.78, 5) is 14.4. The summed E-state index contributed by atoms with van der Waals surface area (Å²) in [6.07, 6.45) is 0.782. The number of carbonyl (C=O) groups is 1. The molecule has 2 aromatic rings. The average molecular weight is 179 g/mol. The van der Waals surface area contributed by atoms with Crippen LogP contribution in [0.15, 0.2) is 24.3 Å². The maximum Gasteiger partial charge on any atom is 0.178 e. The second-order valence-corrected chi connectivity index (χ2v) is 3.20. The summed E-state index contributed by atoms with van der Waals surface area (Å²) in [5.41, 5.74) is 0.902. The van der Waals surface area contributed by atoms with E-state index in [9.17, 15) is 4.79 Å². The van der Waals surface area contributed by atoms with Gasteiger partial charge in [-0.1, -0.05) is 19.6 Å². The quantitative estimate of drug-likeness (QED) is 0.630. The molecular weight excluding hydrogens is 170 g/mol. The number of hydrogen-bond donors (Lipinski definition) is 0. The zero-order valence-corrected chi connectivity index (χ0v) is 6.47. The van der Waals surface area contributed by atoms with Crippen molar-refractivity contribution in [1.82, 2.24) is 4.98 Å². The summed E-state index contributed by atoms with van der Waals surface area (Å²) in [5.74, 6) is 0. The zero-order valence-electron chi connectivity index (χ0n) is 5.65. The van der Waals surface area contributed by atoms with Gasteiger partial charge in [0.1, 0.15) is 0 Å². The molecular formula is C9H9NOS. The molecule has 0 saturated carbocycles. The van der Waals surface area contributed by atoms with Crippen molar-refractivity contribution in [2.75, 3.05) is 0 Å². The Morgan fingerprint density at radius 3 is 2.75 bits per heavy atom. The lowest BCUT2D eigenvalue weighted by atomic mass is 10.3. The first-order valence-electron chi connectivity index (χ1n) is 3.21.